The first-order valence-electron chi connectivity index (χ1n) is 6.57. The molecule has 0 aliphatic carbocycles. The molecule has 8 nitrogen and oxygen atoms in total. The molecule has 2 N–H and O–H groups in total. The first-order chi connectivity index (χ1) is 11.1. The van der Waals surface area contributed by atoms with E-state index in [0.717, 1.165) is 0 Å². The van der Waals surface area contributed by atoms with Crippen molar-refractivity contribution in [1.29, 1.82) is 0 Å². The van der Waals surface area contributed by atoms with E-state index in [9.17, 15) is 4.39 Å². The van der Waals surface area contributed by atoms with Crippen LogP contribution >= 0.6 is 11.6 Å². The van der Waals surface area contributed by atoms with Crippen LogP contribution in [-0.4, -0.2) is 30.9 Å². The van der Waals surface area contributed by atoms with Crippen molar-refractivity contribution in [2.45, 2.75) is 13.0 Å². The number of benzene rings is 1. The van der Waals surface area contributed by atoms with Gasteiger partial charge in [-0.2, -0.15) is 5.10 Å². The molecule has 0 amide bonds. The van der Waals surface area contributed by atoms with Crippen LogP contribution in [0.3, 0.4) is 0 Å². The standard InChI is InChI=1S/C13H11ClFN7O/c14-9-5-8(1-2-10(9)15)19-13(16)12-11(20-23-21-12)3-4-22-7-17-6-18-22/h1-2,5-7H,3-4H2,(H2,16,19). The summed E-state index contributed by atoms with van der Waals surface area (Å²) in [5.74, 6) is -0.427. The van der Waals surface area contributed by atoms with Gasteiger partial charge in [0.1, 0.15) is 24.2 Å². The average Bonchev–Trinajstić information content (AvgIpc) is 3.19. The maximum Gasteiger partial charge on any atom is 0.173 e. The predicted octanol–water partition coefficient (Wildman–Crippen LogP) is 1.73. The molecule has 1 aromatic carbocycles. The van der Waals surface area contributed by atoms with E-state index in [1.54, 1.807) is 11.0 Å². The first-order valence-corrected chi connectivity index (χ1v) is 6.94. The molecule has 0 aliphatic rings. The molecular formula is C13H11ClFN7O. The van der Waals surface area contributed by atoms with Crippen molar-refractivity contribution in [3.05, 3.63) is 53.1 Å². The molecule has 0 saturated heterocycles. The van der Waals surface area contributed by atoms with Crippen LogP contribution in [0.1, 0.15) is 11.4 Å². The van der Waals surface area contributed by atoms with E-state index in [-0.39, 0.29) is 10.9 Å². The molecule has 0 saturated carbocycles. The lowest BCUT2D eigenvalue weighted by Gasteiger charge is -2.01. The highest BCUT2D eigenvalue weighted by atomic mass is 35.5. The minimum Gasteiger partial charge on any atom is -0.382 e. The van der Waals surface area contributed by atoms with E-state index in [0.29, 0.717) is 30.0 Å². The zero-order chi connectivity index (χ0) is 16.2. The Hall–Kier alpha value is -2.81. The molecule has 0 bridgehead atoms. The van der Waals surface area contributed by atoms with Crippen LogP contribution in [0, 0.1) is 5.82 Å². The molecular weight excluding hydrogens is 325 g/mol. The van der Waals surface area contributed by atoms with Crippen molar-refractivity contribution in [1.82, 2.24) is 25.1 Å². The van der Waals surface area contributed by atoms with Crippen LogP contribution < -0.4 is 5.73 Å². The molecule has 3 aromatic rings. The minimum atomic E-state index is -0.527. The summed E-state index contributed by atoms with van der Waals surface area (Å²) >= 11 is 5.71. The topological polar surface area (TPSA) is 108 Å². The van der Waals surface area contributed by atoms with Crippen molar-refractivity contribution in [2.75, 3.05) is 0 Å². The Morgan fingerprint density at radius 2 is 2.26 bits per heavy atom. The molecule has 10 heteroatoms. The highest BCUT2D eigenvalue weighted by molar-refractivity contribution is 6.31. The largest absolute Gasteiger partial charge is 0.382 e. The van der Waals surface area contributed by atoms with Crippen molar-refractivity contribution in [2.24, 2.45) is 10.7 Å². The molecule has 0 fully saturated rings. The summed E-state index contributed by atoms with van der Waals surface area (Å²) in [4.78, 5) is 8.01. The van der Waals surface area contributed by atoms with Gasteiger partial charge in [0.05, 0.1) is 10.7 Å². The minimum absolute atomic E-state index is 0.0382. The van der Waals surface area contributed by atoms with Gasteiger partial charge in [0, 0.05) is 13.0 Å². The summed E-state index contributed by atoms with van der Waals surface area (Å²) in [5, 5.41) is 11.5. The Kier molecular flexibility index (Phi) is 4.29. The van der Waals surface area contributed by atoms with E-state index in [4.69, 9.17) is 22.0 Å². The van der Waals surface area contributed by atoms with Gasteiger partial charge in [-0.3, -0.25) is 4.68 Å². The van der Waals surface area contributed by atoms with Crippen LogP contribution in [-0.2, 0) is 13.0 Å². The number of aryl methyl sites for hydroxylation is 2. The number of hydrogen-bond donors (Lipinski definition) is 1. The molecule has 3 rings (SSSR count). The second kappa shape index (κ2) is 6.53. The van der Waals surface area contributed by atoms with Crippen LogP contribution in [0.5, 0.6) is 0 Å². The van der Waals surface area contributed by atoms with Gasteiger partial charge in [0.2, 0.25) is 0 Å². The third kappa shape index (κ3) is 3.51. The lowest BCUT2D eigenvalue weighted by atomic mass is 10.2. The fourth-order valence-corrected chi connectivity index (χ4v) is 2.06. The summed E-state index contributed by atoms with van der Waals surface area (Å²) in [5.41, 5.74) is 7.19. The number of amidine groups is 1. The summed E-state index contributed by atoms with van der Waals surface area (Å²) < 4.78 is 19.5. The molecule has 23 heavy (non-hydrogen) atoms. The van der Waals surface area contributed by atoms with Crippen LogP contribution in [0.4, 0.5) is 10.1 Å². The predicted molar refractivity (Wildman–Crippen MR) is 79.8 cm³/mol. The number of halogens is 2. The normalized spacial score (nSPS) is 11.8. The van der Waals surface area contributed by atoms with E-state index in [1.165, 1.54) is 24.5 Å². The second-order valence-corrected chi connectivity index (χ2v) is 4.97. The second-order valence-electron chi connectivity index (χ2n) is 4.56. The summed E-state index contributed by atoms with van der Waals surface area (Å²) in [7, 11) is 0. The number of nitrogens with zero attached hydrogens (tertiary/aromatic N) is 6. The fraction of sp³-hybridized carbons (Fsp3) is 0.154. The van der Waals surface area contributed by atoms with Crippen LogP contribution in [0.2, 0.25) is 5.02 Å². The van der Waals surface area contributed by atoms with Crippen LogP contribution in [0.25, 0.3) is 0 Å². The SMILES string of the molecule is NC(=Nc1ccc(F)c(Cl)c1)c1nonc1CCn1cncn1. The molecule has 0 aliphatic heterocycles. The zero-order valence-electron chi connectivity index (χ0n) is 11.7. The number of aromatic nitrogens is 5. The molecule has 2 heterocycles. The summed E-state index contributed by atoms with van der Waals surface area (Å²) in [6.07, 6.45) is 3.52. The Labute approximate surface area is 134 Å². The Balaban J connectivity index is 1.79. The van der Waals surface area contributed by atoms with Gasteiger partial charge in [-0.1, -0.05) is 16.8 Å². The fourth-order valence-electron chi connectivity index (χ4n) is 1.88. The van der Waals surface area contributed by atoms with Gasteiger partial charge in [0.25, 0.3) is 0 Å². The Bertz CT molecular complexity index is 831. The van der Waals surface area contributed by atoms with Gasteiger partial charge in [-0.25, -0.2) is 19.0 Å². The molecule has 0 unspecified atom stereocenters. The van der Waals surface area contributed by atoms with Crippen LogP contribution in [0.15, 0.2) is 40.5 Å². The van der Waals surface area contributed by atoms with E-state index in [2.05, 4.69) is 25.4 Å². The smallest absolute Gasteiger partial charge is 0.173 e. The monoisotopic (exact) mass is 335 g/mol. The lowest BCUT2D eigenvalue weighted by Crippen LogP contribution is -2.16. The van der Waals surface area contributed by atoms with Crippen molar-refractivity contribution >= 4 is 23.1 Å². The van der Waals surface area contributed by atoms with Gasteiger partial charge < -0.3 is 5.73 Å². The summed E-state index contributed by atoms with van der Waals surface area (Å²) in [6.45, 7) is 0.539. The third-order valence-electron chi connectivity index (χ3n) is 3.00. The maximum absolute atomic E-state index is 13.1. The molecule has 0 spiro atoms. The third-order valence-corrected chi connectivity index (χ3v) is 3.29. The number of aliphatic imine (C=N–C) groups is 1. The van der Waals surface area contributed by atoms with Gasteiger partial charge in [-0.05, 0) is 23.4 Å². The van der Waals surface area contributed by atoms with Gasteiger partial charge >= 0.3 is 0 Å². The van der Waals surface area contributed by atoms with E-state index < -0.39 is 5.82 Å². The number of nitrogens with two attached hydrogens (primary N) is 1. The molecule has 0 atom stereocenters. The molecule has 118 valence electrons. The highest BCUT2D eigenvalue weighted by Crippen LogP contribution is 2.22. The number of rotatable bonds is 5. The zero-order valence-corrected chi connectivity index (χ0v) is 12.5. The lowest BCUT2D eigenvalue weighted by molar-refractivity contribution is 0.302. The quantitative estimate of drug-likeness (QED) is 0.562. The van der Waals surface area contributed by atoms with Gasteiger partial charge in [0.15, 0.2) is 11.5 Å². The highest BCUT2D eigenvalue weighted by Gasteiger charge is 2.14. The van der Waals surface area contributed by atoms with Crippen molar-refractivity contribution in [3.63, 3.8) is 0 Å². The van der Waals surface area contributed by atoms with Crippen molar-refractivity contribution < 1.29 is 9.02 Å². The number of hydrogen-bond acceptors (Lipinski definition) is 6. The van der Waals surface area contributed by atoms with E-state index in [1.807, 2.05) is 0 Å². The Morgan fingerprint density at radius 3 is 3.00 bits per heavy atom. The maximum atomic E-state index is 13.1. The van der Waals surface area contributed by atoms with Gasteiger partial charge in [-0.15, -0.1) is 0 Å². The average molecular weight is 336 g/mol. The molecule has 2 aromatic heterocycles. The summed E-state index contributed by atoms with van der Waals surface area (Å²) in [6, 6.07) is 4.03. The van der Waals surface area contributed by atoms with Crippen molar-refractivity contribution in [3.8, 4) is 0 Å². The molecule has 0 radical (unpaired) electrons. The van der Waals surface area contributed by atoms with E-state index >= 15 is 0 Å². The Morgan fingerprint density at radius 1 is 1.39 bits per heavy atom. The first kappa shape index (κ1) is 15.1.